The number of nitrogens with one attached hydrogen (secondary N) is 2. The summed E-state index contributed by atoms with van der Waals surface area (Å²) in [5.41, 5.74) is -0.0435. The highest BCUT2D eigenvalue weighted by atomic mass is 79.9. The summed E-state index contributed by atoms with van der Waals surface area (Å²) in [4.78, 5) is 42.6. The summed E-state index contributed by atoms with van der Waals surface area (Å²) >= 11 is 3.66. The van der Waals surface area contributed by atoms with E-state index in [1.54, 1.807) is 43.5 Å². The summed E-state index contributed by atoms with van der Waals surface area (Å²) in [6, 6.07) is 14.3. The normalized spacial score (nSPS) is 30.6. The highest BCUT2D eigenvalue weighted by Crippen LogP contribution is 2.60. The third-order valence-electron chi connectivity index (χ3n) is 7.75. The average molecular weight is 572 g/mol. The first-order chi connectivity index (χ1) is 17.8. The maximum atomic E-state index is 14.0. The summed E-state index contributed by atoms with van der Waals surface area (Å²) in [6.45, 7) is 1.54. The third kappa shape index (κ3) is 4.20. The SMILES string of the molecule is CC[C@@H](CO)N1C(=O)[C@@H]2[C@H](C(=O)Nc3ccccc3)[C@H]3OC2(CC3Br)C1C(=O)Nc1ccc(OC)cc1. The molecule has 10 heteroatoms. The van der Waals surface area contributed by atoms with Crippen LogP contribution in [0.15, 0.2) is 54.6 Å². The van der Waals surface area contributed by atoms with Gasteiger partial charge in [-0.05, 0) is 49.2 Å². The number of aliphatic hydroxyl groups excluding tert-OH is 1. The van der Waals surface area contributed by atoms with Crippen molar-refractivity contribution in [2.45, 2.75) is 48.4 Å². The van der Waals surface area contributed by atoms with Crippen LogP contribution >= 0.6 is 15.9 Å². The molecule has 3 aliphatic rings. The number of halogens is 1. The molecule has 0 saturated carbocycles. The van der Waals surface area contributed by atoms with Gasteiger partial charge >= 0.3 is 0 Å². The smallest absolute Gasteiger partial charge is 0.250 e. The van der Waals surface area contributed by atoms with Gasteiger partial charge in [-0.2, -0.15) is 0 Å². The molecule has 3 saturated heterocycles. The predicted molar refractivity (Wildman–Crippen MR) is 140 cm³/mol. The van der Waals surface area contributed by atoms with Gasteiger partial charge in [0, 0.05) is 16.2 Å². The maximum Gasteiger partial charge on any atom is 0.250 e. The van der Waals surface area contributed by atoms with Gasteiger partial charge in [-0.15, -0.1) is 0 Å². The Bertz CT molecular complexity index is 1170. The van der Waals surface area contributed by atoms with E-state index in [2.05, 4.69) is 26.6 Å². The van der Waals surface area contributed by atoms with Gasteiger partial charge in [-0.25, -0.2) is 0 Å². The largest absolute Gasteiger partial charge is 0.497 e. The van der Waals surface area contributed by atoms with Crippen molar-refractivity contribution in [1.29, 1.82) is 0 Å². The molecule has 0 radical (unpaired) electrons. The third-order valence-corrected chi connectivity index (χ3v) is 8.60. The molecule has 1 spiro atoms. The van der Waals surface area contributed by atoms with Crippen LogP contribution in [-0.4, -0.2) is 70.1 Å². The molecule has 37 heavy (non-hydrogen) atoms. The zero-order valence-electron chi connectivity index (χ0n) is 20.6. The number of likely N-dealkylation sites (tertiary alicyclic amines) is 1. The van der Waals surface area contributed by atoms with E-state index >= 15 is 0 Å². The Morgan fingerprint density at radius 1 is 1.14 bits per heavy atom. The monoisotopic (exact) mass is 571 g/mol. The van der Waals surface area contributed by atoms with Crippen molar-refractivity contribution >= 4 is 45.0 Å². The van der Waals surface area contributed by atoms with Crippen LogP contribution in [0, 0.1) is 11.8 Å². The molecule has 3 N–H and O–H groups in total. The highest BCUT2D eigenvalue weighted by Gasteiger charge is 2.77. The molecular weight excluding hydrogens is 542 g/mol. The zero-order valence-corrected chi connectivity index (χ0v) is 22.2. The van der Waals surface area contributed by atoms with Crippen molar-refractivity contribution in [2.24, 2.45) is 11.8 Å². The Balaban J connectivity index is 1.51. The number of anilines is 2. The first-order valence-corrected chi connectivity index (χ1v) is 13.3. The number of para-hydroxylation sites is 1. The second kappa shape index (κ2) is 10.1. The molecule has 7 atom stereocenters. The molecule has 2 aromatic rings. The number of amides is 3. The standard InChI is InChI=1S/C27H30BrN3O6/c1-3-17(14-32)31-23(25(34)30-16-9-11-18(36-2)12-10-16)27-13-19(28)22(37-27)20(21(27)26(31)35)24(33)29-15-7-5-4-6-8-15/h4-12,17,19-23,32H,3,13-14H2,1-2H3,(H,29,33)(H,30,34)/t17-,19?,20-,21-,22-,23?,27?/m0/s1. The van der Waals surface area contributed by atoms with E-state index in [0.717, 1.165) is 0 Å². The lowest BCUT2D eigenvalue weighted by Crippen LogP contribution is -2.56. The quantitative estimate of drug-likeness (QED) is 0.419. The first-order valence-electron chi connectivity index (χ1n) is 12.4. The fourth-order valence-electron chi connectivity index (χ4n) is 6.11. The van der Waals surface area contributed by atoms with Gasteiger partial charge in [-0.3, -0.25) is 14.4 Å². The molecule has 0 aromatic heterocycles. The van der Waals surface area contributed by atoms with E-state index in [-0.39, 0.29) is 23.2 Å². The van der Waals surface area contributed by atoms with E-state index in [9.17, 15) is 19.5 Å². The fourth-order valence-corrected chi connectivity index (χ4v) is 7.05. The number of nitrogens with zero attached hydrogens (tertiary/aromatic N) is 1. The number of benzene rings is 2. The summed E-state index contributed by atoms with van der Waals surface area (Å²) in [5, 5.41) is 16.0. The molecule has 3 amide bonds. The Morgan fingerprint density at radius 3 is 2.41 bits per heavy atom. The van der Waals surface area contributed by atoms with Crippen molar-refractivity contribution in [2.75, 3.05) is 24.4 Å². The van der Waals surface area contributed by atoms with Gasteiger partial charge in [0.25, 0.3) is 0 Å². The van der Waals surface area contributed by atoms with E-state index in [4.69, 9.17) is 9.47 Å². The molecule has 9 nitrogen and oxygen atoms in total. The van der Waals surface area contributed by atoms with E-state index < -0.39 is 41.5 Å². The van der Waals surface area contributed by atoms with Crippen molar-refractivity contribution in [3.63, 3.8) is 0 Å². The average Bonchev–Trinajstić information content (AvgIpc) is 3.49. The summed E-state index contributed by atoms with van der Waals surface area (Å²) < 4.78 is 11.7. The Labute approximate surface area is 223 Å². The molecule has 3 heterocycles. The predicted octanol–water partition coefficient (Wildman–Crippen LogP) is 2.79. The van der Waals surface area contributed by atoms with Crippen LogP contribution in [0.5, 0.6) is 5.75 Å². The Kier molecular flexibility index (Phi) is 6.99. The van der Waals surface area contributed by atoms with Crippen LogP contribution in [-0.2, 0) is 19.1 Å². The number of carbonyl (C=O) groups is 3. The maximum absolute atomic E-state index is 14.0. The first kappa shape index (κ1) is 25.7. The lowest BCUT2D eigenvalue weighted by molar-refractivity contribution is -0.143. The number of alkyl halides is 1. The number of fused-ring (bicyclic) bond motifs is 1. The molecule has 3 fully saturated rings. The number of carbonyl (C=O) groups excluding carboxylic acids is 3. The Hall–Kier alpha value is -2.95. The minimum atomic E-state index is -1.20. The molecule has 0 aliphatic carbocycles. The van der Waals surface area contributed by atoms with Crippen molar-refractivity contribution in [1.82, 2.24) is 4.90 Å². The summed E-state index contributed by atoms with van der Waals surface area (Å²) in [6.07, 6.45) is 0.270. The molecule has 3 unspecified atom stereocenters. The minimum absolute atomic E-state index is 0.214. The minimum Gasteiger partial charge on any atom is -0.497 e. The number of rotatable bonds is 8. The van der Waals surface area contributed by atoms with E-state index in [1.807, 2.05) is 25.1 Å². The lowest BCUT2D eigenvalue weighted by Gasteiger charge is -2.36. The molecule has 3 aliphatic heterocycles. The van der Waals surface area contributed by atoms with Crippen LogP contribution in [0.1, 0.15) is 19.8 Å². The van der Waals surface area contributed by atoms with Crippen molar-refractivity contribution in [3.8, 4) is 5.75 Å². The second-order valence-corrected chi connectivity index (χ2v) is 10.9. The summed E-state index contributed by atoms with van der Waals surface area (Å²) in [7, 11) is 1.56. The number of ether oxygens (including phenoxy) is 2. The number of aliphatic hydroxyl groups is 1. The van der Waals surface area contributed by atoms with Gasteiger partial charge in [0.05, 0.1) is 37.7 Å². The number of methoxy groups -OCH3 is 1. The highest BCUT2D eigenvalue weighted by molar-refractivity contribution is 9.09. The number of hydrogen-bond acceptors (Lipinski definition) is 6. The van der Waals surface area contributed by atoms with E-state index in [0.29, 0.717) is 30.0 Å². The second-order valence-electron chi connectivity index (χ2n) is 9.73. The van der Waals surface area contributed by atoms with Crippen molar-refractivity contribution in [3.05, 3.63) is 54.6 Å². The fraction of sp³-hybridized carbons (Fsp3) is 0.444. The van der Waals surface area contributed by atoms with Crippen LogP contribution in [0.4, 0.5) is 11.4 Å². The molecule has 5 rings (SSSR count). The summed E-state index contributed by atoms with van der Waals surface area (Å²) in [5.74, 6) is -2.07. The van der Waals surface area contributed by atoms with Gasteiger partial charge in [0.1, 0.15) is 17.4 Å². The van der Waals surface area contributed by atoms with Gasteiger partial charge < -0.3 is 30.1 Å². The number of hydrogen-bond donors (Lipinski definition) is 3. The molecule has 196 valence electrons. The van der Waals surface area contributed by atoms with Crippen LogP contribution < -0.4 is 15.4 Å². The lowest BCUT2D eigenvalue weighted by atomic mass is 9.70. The Morgan fingerprint density at radius 2 is 1.78 bits per heavy atom. The van der Waals surface area contributed by atoms with E-state index in [1.165, 1.54) is 4.90 Å². The molecular formula is C27H30BrN3O6. The van der Waals surface area contributed by atoms with Crippen LogP contribution in [0.25, 0.3) is 0 Å². The van der Waals surface area contributed by atoms with Crippen LogP contribution in [0.3, 0.4) is 0 Å². The molecule has 2 bridgehead atoms. The van der Waals surface area contributed by atoms with Crippen molar-refractivity contribution < 1.29 is 29.0 Å². The topological polar surface area (TPSA) is 117 Å². The van der Waals surface area contributed by atoms with Gasteiger partial charge in [-0.1, -0.05) is 41.1 Å². The molecule has 2 aromatic carbocycles. The van der Waals surface area contributed by atoms with Gasteiger partial charge in [0.2, 0.25) is 17.7 Å². The van der Waals surface area contributed by atoms with Gasteiger partial charge in [0.15, 0.2) is 0 Å². The zero-order chi connectivity index (χ0) is 26.3. The van der Waals surface area contributed by atoms with Crippen LogP contribution in [0.2, 0.25) is 0 Å².